The summed E-state index contributed by atoms with van der Waals surface area (Å²) in [5.74, 6) is -0.713. The van der Waals surface area contributed by atoms with Gasteiger partial charge in [-0.3, -0.25) is 9.32 Å². The van der Waals surface area contributed by atoms with Crippen LogP contribution in [-0.4, -0.2) is 29.5 Å². The number of benzene rings is 1. The number of para-hydroxylation sites is 1. The molecule has 1 atom stereocenters. The summed E-state index contributed by atoms with van der Waals surface area (Å²) in [5.41, 5.74) is 1.61. The van der Waals surface area contributed by atoms with Gasteiger partial charge in [-0.2, -0.15) is 0 Å². The molecule has 3 aromatic rings. The van der Waals surface area contributed by atoms with E-state index in [2.05, 4.69) is 10.6 Å². The van der Waals surface area contributed by atoms with Gasteiger partial charge in [0.2, 0.25) is 11.6 Å². The second-order valence-corrected chi connectivity index (χ2v) is 9.66. The Hall–Kier alpha value is -2.85. The summed E-state index contributed by atoms with van der Waals surface area (Å²) in [6.07, 6.45) is 4.26. The number of methoxy groups -OCH3 is 1. The predicted octanol–water partition coefficient (Wildman–Crippen LogP) is 3.48. The van der Waals surface area contributed by atoms with E-state index in [9.17, 15) is 14.4 Å². The number of esters is 1. The number of rotatable bonds is 7. The highest BCUT2D eigenvalue weighted by atomic mass is 32.2. The minimum atomic E-state index is -0.562. The average molecular weight is 475 g/mol. The largest absolute Gasteiger partial charge is 0.465 e. The number of anilines is 1. The lowest BCUT2D eigenvalue weighted by atomic mass is 9.95. The number of hydrogen-bond donors (Lipinski definition) is 2. The number of thioether (sulfide) groups is 1. The van der Waals surface area contributed by atoms with E-state index in [1.54, 1.807) is 0 Å². The molecule has 0 fully saturated rings. The molecule has 0 aliphatic heterocycles. The first-order valence-electron chi connectivity index (χ1n) is 10.4. The summed E-state index contributed by atoms with van der Waals surface area (Å²) in [4.78, 5) is 39.1. The normalized spacial score (nSPS) is 13.9. The minimum Gasteiger partial charge on any atom is -0.465 e. The van der Waals surface area contributed by atoms with Crippen LogP contribution < -0.4 is 15.6 Å². The third kappa shape index (κ3) is 4.37. The first-order valence-corrected chi connectivity index (χ1v) is 12.1. The fourth-order valence-electron chi connectivity index (χ4n) is 3.73. The third-order valence-electron chi connectivity index (χ3n) is 5.34. The van der Waals surface area contributed by atoms with Gasteiger partial charge >= 0.3 is 16.6 Å². The van der Waals surface area contributed by atoms with E-state index < -0.39 is 16.8 Å². The molecule has 0 spiro atoms. The molecular weight excluding hydrogens is 450 g/mol. The van der Waals surface area contributed by atoms with Gasteiger partial charge in [-0.25, -0.2) is 9.59 Å². The van der Waals surface area contributed by atoms with E-state index in [-0.39, 0.29) is 10.9 Å². The quantitative estimate of drug-likeness (QED) is 0.309. The highest BCUT2D eigenvalue weighted by molar-refractivity contribution is 8.00. The van der Waals surface area contributed by atoms with Crippen molar-refractivity contribution >= 4 is 40.0 Å². The number of nitrogens with zero attached hydrogens (tertiary/aromatic N) is 1. The Kier molecular flexibility index (Phi) is 6.80. The van der Waals surface area contributed by atoms with Crippen molar-refractivity contribution in [3.63, 3.8) is 0 Å². The maximum absolute atomic E-state index is 13.2. The fraction of sp³-hybridized carbons (Fsp3) is 0.364. The van der Waals surface area contributed by atoms with Crippen LogP contribution in [0.1, 0.15) is 47.0 Å². The Morgan fingerprint density at radius 2 is 2.03 bits per heavy atom. The van der Waals surface area contributed by atoms with Gasteiger partial charge in [-0.1, -0.05) is 25.1 Å². The van der Waals surface area contributed by atoms with E-state index in [4.69, 9.17) is 9.26 Å². The van der Waals surface area contributed by atoms with E-state index in [1.165, 1.54) is 23.1 Å². The van der Waals surface area contributed by atoms with Crippen LogP contribution in [0, 0.1) is 0 Å². The number of carbonyl (C=O) groups excluding carboxylic acids is 2. The monoisotopic (exact) mass is 474 g/mol. The number of ether oxygens (including phenoxy) is 1. The first-order chi connectivity index (χ1) is 15.5. The number of carbonyl (C=O) groups is 2. The summed E-state index contributed by atoms with van der Waals surface area (Å²) >= 11 is 2.57. The number of aromatic nitrogens is 2. The lowest BCUT2D eigenvalue weighted by molar-refractivity contribution is -0.704. The number of amides is 1. The Balaban J connectivity index is 1.59. The van der Waals surface area contributed by atoms with Gasteiger partial charge in [-0.15, -0.1) is 11.3 Å². The molecular formula is C22H24N3O5S2+. The molecule has 0 saturated heterocycles. The Bertz CT molecular complexity index is 1180. The van der Waals surface area contributed by atoms with Crippen molar-refractivity contribution in [1.82, 2.24) is 5.27 Å². The number of aryl methyl sites for hydroxylation is 1. The first kappa shape index (κ1) is 22.3. The van der Waals surface area contributed by atoms with Crippen LogP contribution in [0.15, 0.2) is 44.7 Å². The Morgan fingerprint density at radius 3 is 2.75 bits per heavy atom. The van der Waals surface area contributed by atoms with Crippen molar-refractivity contribution in [2.75, 3.05) is 12.4 Å². The van der Waals surface area contributed by atoms with E-state index in [1.807, 2.05) is 37.3 Å². The Labute approximate surface area is 192 Å². The average Bonchev–Trinajstić information content (AvgIpc) is 3.37. The number of H-pyrrole nitrogens is 1. The summed E-state index contributed by atoms with van der Waals surface area (Å²) in [7, 11) is 1.35. The molecule has 0 bridgehead atoms. The van der Waals surface area contributed by atoms with Crippen LogP contribution in [0.2, 0.25) is 0 Å². The van der Waals surface area contributed by atoms with Crippen molar-refractivity contribution in [3.8, 4) is 5.69 Å². The summed E-state index contributed by atoms with van der Waals surface area (Å²) in [5, 5.41) is 5.75. The number of thiophene rings is 1. The van der Waals surface area contributed by atoms with Gasteiger partial charge in [-0.05, 0) is 59.4 Å². The number of aromatic amines is 1. The van der Waals surface area contributed by atoms with Gasteiger partial charge in [0.05, 0.1) is 17.9 Å². The van der Waals surface area contributed by atoms with Crippen LogP contribution in [0.4, 0.5) is 5.00 Å². The molecule has 168 valence electrons. The van der Waals surface area contributed by atoms with Crippen LogP contribution in [-0.2, 0) is 22.4 Å². The third-order valence-corrected chi connectivity index (χ3v) is 7.95. The van der Waals surface area contributed by atoms with Crippen molar-refractivity contribution in [1.29, 1.82) is 0 Å². The molecule has 2 heterocycles. The molecule has 32 heavy (non-hydrogen) atoms. The maximum atomic E-state index is 13.2. The van der Waals surface area contributed by atoms with Crippen LogP contribution in [0.3, 0.4) is 0 Å². The summed E-state index contributed by atoms with van der Waals surface area (Å²) < 4.78 is 11.5. The molecule has 0 saturated carbocycles. The standard InChI is InChI=1S/C22H23N3O5S2/c1-3-15(32-20-22(28)30-24-25(20)13-9-5-4-6-10-13)18(26)23-19-17(21(27)29-2)14-11-7-8-12-16(14)31-19/h4-6,9-10,15H,3,7-8,11-12H2,1-2H3,(H-,23,24,26,27,28)/p+1. The van der Waals surface area contributed by atoms with Crippen LogP contribution >= 0.6 is 23.1 Å². The molecule has 1 aliphatic rings. The Morgan fingerprint density at radius 1 is 1.28 bits per heavy atom. The van der Waals surface area contributed by atoms with Crippen LogP contribution in [0.5, 0.6) is 0 Å². The number of fused-ring (bicyclic) bond motifs is 1. The summed E-state index contributed by atoms with van der Waals surface area (Å²) in [6, 6.07) is 9.22. The van der Waals surface area contributed by atoms with Gasteiger partial charge in [0.15, 0.2) is 0 Å². The van der Waals surface area contributed by atoms with E-state index >= 15 is 0 Å². The SMILES string of the molecule is CCC(Sc1c(=O)o[nH][n+]1-c1ccccc1)C(=O)Nc1sc2c(c1C(=O)OC)CCCC2. The molecule has 1 aromatic carbocycles. The van der Waals surface area contributed by atoms with Gasteiger partial charge in [0.1, 0.15) is 5.00 Å². The smallest absolute Gasteiger partial charge is 0.442 e. The predicted molar refractivity (Wildman–Crippen MR) is 122 cm³/mol. The lowest BCUT2D eigenvalue weighted by Crippen LogP contribution is -2.37. The fourth-order valence-corrected chi connectivity index (χ4v) is 6.00. The zero-order chi connectivity index (χ0) is 22.7. The van der Waals surface area contributed by atoms with Crippen molar-refractivity contribution in [3.05, 3.63) is 56.8 Å². The minimum absolute atomic E-state index is 0.275. The molecule has 2 N–H and O–H groups in total. The summed E-state index contributed by atoms with van der Waals surface area (Å²) in [6.45, 7) is 1.87. The highest BCUT2D eigenvalue weighted by Gasteiger charge is 2.32. The second-order valence-electron chi connectivity index (χ2n) is 7.37. The molecule has 4 rings (SSSR count). The van der Waals surface area contributed by atoms with Crippen LogP contribution in [0.25, 0.3) is 5.69 Å². The topological polar surface area (TPSA) is 105 Å². The highest BCUT2D eigenvalue weighted by Crippen LogP contribution is 2.39. The van der Waals surface area contributed by atoms with Crippen molar-refractivity contribution in [2.45, 2.75) is 49.3 Å². The number of nitrogens with one attached hydrogen (secondary N) is 2. The maximum Gasteiger partial charge on any atom is 0.442 e. The molecule has 1 unspecified atom stereocenters. The van der Waals surface area contributed by atoms with Gasteiger partial charge in [0.25, 0.3) is 0 Å². The molecule has 2 aromatic heterocycles. The molecule has 8 nitrogen and oxygen atoms in total. The van der Waals surface area contributed by atoms with Gasteiger partial charge in [0, 0.05) is 17.0 Å². The zero-order valence-corrected chi connectivity index (χ0v) is 19.4. The van der Waals surface area contributed by atoms with Gasteiger partial charge < -0.3 is 10.1 Å². The van der Waals surface area contributed by atoms with E-state index in [0.717, 1.165) is 53.6 Å². The van der Waals surface area contributed by atoms with Crippen molar-refractivity contribution < 1.29 is 23.5 Å². The molecule has 10 heteroatoms. The number of hydrogen-bond acceptors (Lipinski definition) is 7. The molecule has 1 aliphatic carbocycles. The lowest BCUT2D eigenvalue weighted by Gasteiger charge is -2.13. The molecule has 0 radical (unpaired) electrons. The molecule has 1 amide bonds. The van der Waals surface area contributed by atoms with E-state index in [0.29, 0.717) is 17.0 Å². The van der Waals surface area contributed by atoms with Crippen molar-refractivity contribution in [2.24, 2.45) is 0 Å². The zero-order valence-electron chi connectivity index (χ0n) is 17.8. The second kappa shape index (κ2) is 9.74.